The van der Waals surface area contributed by atoms with Crippen LogP contribution in [-0.4, -0.2) is 53.6 Å². The van der Waals surface area contributed by atoms with Crippen LogP contribution in [-0.2, 0) is 9.53 Å². The molecule has 3 aromatic rings. The molecule has 0 atom stereocenters. The van der Waals surface area contributed by atoms with Crippen LogP contribution < -0.4 is 14.8 Å². The average molecular weight is 475 g/mol. The third kappa shape index (κ3) is 5.74. The van der Waals surface area contributed by atoms with Gasteiger partial charge in [-0.3, -0.25) is 4.79 Å². The summed E-state index contributed by atoms with van der Waals surface area (Å²) in [6, 6.07) is 9.02. The molecule has 2 aromatic heterocycles. The highest BCUT2D eigenvalue weighted by molar-refractivity contribution is 7.99. The number of aryl methyl sites for hydroxylation is 1. The Morgan fingerprint density at radius 2 is 1.94 bits per heavy atom. The third-order valence-electron chi connectivity index (χ3n) is 4.18. The minimum atomic E-state index is -0.444. The van der Waals surface area contributed by atoms with Crippen molar-refractivity contribution in [3.63, 3.8) is 0 Å². The number of nitrogens with zero attached hydrogens (tertiary/aromatic N) is 3. The first-order valence-corrected chi connectivity index (χ1v) is 11.4. The molecule has 3 rings (SSSR count). The summed E-state index contributed by atoms with van der Waals surface area (Å²) in [7, 11) is 3.17. The number of amides is 1. The molecule has 168 valence electrons. The van der Waals surface area contributed by atoms with Gasteiger partial charge in [-0.15, -0.1) is 10.2 Å². The monoisotopic (exact) mass is 474 g/mol. The normalized spacial score (nSPS) is 10.5. The molecular weight excluding hydrogens is 452 g/mol. The van der Waals surface area contributed by atoms with E-state index in [-0.39, 0.29) is 18.3 Å². The molecule has 0 unspecified atom stereocenters. The number of anilines is 1. The van der Waals surface area contributed by atoms with Crippen molar-refractivity contribution in [2.45, 2.75) is 18.9 Å². The van der Waals surface area contributed by atoms with E-state index in [2.05, 4.69) is 20.5 Å². The lowest BCUT2D eigenvalue weighted by atomic mass is 10.1. The molecule has 9 nitrogen and oxygen atoms in total. The average Bonchev–Trinajstić information content (AvgIpc) is 3.17. The maximum absolute atomic E-state index is 12.3. The number of carbonyl (C=O) groups is 2. The number of ether oxygens (including phenoxy) is 3. The van der Waals surface area contributed by atoms with Crippen molar-refractivity contribution in [3.05, 3.63) is 40.9 Å². The summed E-state index contributed by atoms with van der Waals surface area (Å²) in [6.45, 7) is 3.71. The summed E-state index contributed by atoms with van der Waals surface area (Å²) in [4.78, 5) is 28.8. The minimum Gasteiger partial charge on any atom is -0.497 e. The lowest BCUT2D eigenvalue weighted by molar-refractivity contribution is -0.113. The van der Waals surface area contributed by atoms with Gasteiger partial charge in [0.1, 0.15) is 21.4 Å². The molecule has 11 heteroatoms. The van der Waals surface area contributed by atoms with Crippen LogP contribution in [0.3, 0.4) is 0 Å². The predicted octanol–water partition coefficient (Wildman–Crippen LogP) is 3.83. The molecule has 0 aliphatic heterocycles. The van der Waals surface area contributed by atoms with E-state index in [9.17, 15) is 9.59 Å². The second kappa shape index (κ2) is 10.9. The molecule has 0 radical (unpaired) electrons. The van der Waals surface area contributed by atoms with Gasteiger partial charge < -0.3 is 19.5 Å². The molecule has 0 saturated heterocycles. The number of esters is 1. The summed E-state index contributed by atoms with van der Waals surface area (Å²) < 4.78 is 15.6. The number of benzene rings is 1. The number of rotatable bonds is 9. The molecule has 1 N–H and O–H groups in total. The molecule has 0 fully saturated rings. The second-order valence-corrected chi connectivity index (χ2v) is 8.31. The molecule has 0 aliphatic rings. The Morgan fingerprint density at radius 3 is 2.59 bits per heavy atom. The van der Waals surface area contributed by atoms with Gasteiger partial charge in [-0.05, 0) is 44.2 Å². The zero-order chi connectivity index (χ0) is 23.1. The van der Waals surface area contributed by atoms with Gasteiger partial charge in [-0.25, -0.2) is 9.78 Å². The van der Waals surface area contributed by atoms with Crippen LogP contribution in [0.5, 0.6) is 11.5 Å². The van der Waals surface area contributed by atoms with Gasteiger partial charge in [0.25, 0.3) is 0 Å². The molecule has 32 heavy (non-hydrogen) atoms. The topological polar surface area (TPSA) is 113 Å². The standard InChI is InChI=1S/C21H22N4O5S2/c1-5-30-20(27)19-12(2)22-21(32-19)23-17(26)11-31-18-9-7-15(24-25-18)14-10-13(28-3)6-8-16(14)29-4/h6-10H,5,11H2,1-4H3,(H,22,23,26). The highest BCUT2D eigenvalue weighted by Gasteiger charge is 2.18. The van der Waals surface area contributed by atoms with E-state index < -0.39 is 5.97 Å². The van der Waals surface area contributed by atoms with Crippen LogP contribution in [0.15, 0.2) is 35.4 Å². The van der Waals surface area contributed by atoms with Crippen LogP contribution in [0.4, 0.5) is 5.13 Å². The number of thioether (sulfide) groups is 1. The molecule has 1 aromatic carbocycles. The Bertz CT molecular complexity index is 1100. The van der Waals surface area contributed by atoms with Crippen molar-refractivity contribution < 1.29 is 23.8 Å². The maximum Gasteiger partial charge on any atom is 0.350 e. The van der Waals surface area contributed by atoms with Crippen LogP contribution in [0.25, 0.3) is 11.3 Å². The van der Waals surface area contributed by atoms with Gasteiger partial charge >= 0.3 is 5.97 Å². The SMILES string of the molecule is CCOC(=O)c1sc(NC(=O)CSc2ccc(-c3cc(OC)ccc3OC)nn2)nc1C. The lowest BCUT2D eigenvalue weighted by Gasteiger charge is -2.09. The number of methoxy groups -OCH3 is 2. The molecule has 2 heterocycles. The van der Waals surface area contributed by atoms with E-state index in [1.54, 1.807) is 52.3 Å². The molecule has 1 amide bonds. The summed E-state index contributed by atoms with van der Waals surface area (Å²) >= 11 is 2.32. The molecule has 0 saturated carbocycles. The van der Waals surface area contributed by atoms with Crippen molar-refractivity contribution in [1.29, 1.82) is 0 Å². The summed E-state index contributed by atoms with van der Waals surface area (Å²) in [6.07, 6.45) is 0. The summed E-state index contributed by atoms with van der Waals surface area (Å²) in [5.41, 5.74) is 1.90. The van der Waals surface area contributed by atoms with Gasteiger partial charge in [0.05, 0.1) is 38.0 Å². The lowest BCUT2D eigenvalue weighted by Crippen LogP contribution is -2.14. The van der Waals surface area contributed by atoms with Gasteiger partial charge in [0.15, 0.2) is 5.13 Å². The zero-order valence-electron chi connectivity index (χ0n) is 18.0. The van der Waals surface area contributed by atoms with Crippen molar-refractivity contribution in [3.8, 4) is 22.8 Å². The second-order valence-electron chi connectivity index (χ2n) is 6.31. The van der Waals surface area contributed by atoms with Gasteiger partial charge in [0, 0.05) is 5.56 Å². The van der Waals surface area contributed by atoms with Crippen molar-refractivity contribution in [2.24, 2.45) is 0 Å². The number of nitrogens with one attached hydrogen (secondary N) is 1. The van der Waals surface area contributed by atoms with E-state index in [1.165, 1.54) is 11.8 Å². The molecule has 0 spiro atoms. The fraction of sp³-hybridized carbons (Fsp3) is 0.286. The van der Waals surface area contributed by atoms with Gasteiger partial charge in [0.2, 0.25) is 5.91 Å². The summed E-state index contributed by atoms with van der Waals surface area (Å²) in [5.74, 6) is 0.742. The minimum absolute atomic E-state index is 0.115. The number of carbonyl (C=O) groups excluding carboxylic acids is 2. The fourth-order valence-corrected chi connectivity index (χ4v) is 4.18. The Balaban J connectivity index is 1.61. The Kier molecular flexibility index (Phi) is 8.01. The zero-order valence-corrected chi connectivity index (χ0v) is 19.6. The number of hydrogen-bond donors (Lipinski definition) is 1. The number of hydrogen-bond acceptors (Lipinski definition) is 10. The highest BCUT2D eigenvalue weighted by Crippen LogP contribution is 2.32. The largest absolute Gasteiger partial charge is 0.497 e. The van der Waals surface area contributed by atoms with E-state index in [0.29, 0.717) is 37.9 Å². The van der Waals surface area contributed by atoms with Crippen molar-refractivity contribution in [2.75, 3.05) is 31.9 Å². The van der Waals surface area contributed by atoms with Crippen molar-refractivity contribution >= 4 is 40.1 Å². The quantitative estimate of drug-likeness (QED) is 0.365. The Morgan fingerprint density at radius 1 is 1.12 bits per heavy atom. The first-order chi connectivity index (χ1) is 15.4. The number of thiazole rings is 1. The third-order valence-corrected chi connectivity index (χ3v) is 6.15. The van der Waals surface area contributed by atoms with Crippen LogP contribution in [0, 0.1) is 6.92 Å². The van der Waals surface area contributed by atoms with E-state index >= 15 is 0 Å². The van der Waals surface area contributed by atoms with E-state index in [1.807, 2.05) is 6.07 Å². The van der Waals surface area contributed by atoms with E-state index in [0.717, 1.165) is 16.9 Å². The maximum atomic E-state index is 12.3. The Hall–Kier alpha value is -3.18. The van der Waals surface area contributed by atoms with Crippen LogP contribution in [0.1, 0.15) is 22.3 Å². The Labute approximate surface area is 193 Å². The van der Waals surface area contributed by atoms with Crippen LogP contribution >= 0.6 is 23.1 Å². The summed E-state index contributed by atoms with van der Waals surface area (Å²) in [5, 5.41) is 12.1. The van der Waals surface area contributed by atoms with Crippen molar-refractivity contribution in [1.82, 2.24) is 15.2 Å². The van der Waals surface area contributed by atoms with Gasteiger partial charge in [-0.2, -0.15) is 0 Å². The molecule has 0 aliphatic carbocycles. The fourth-order valence-electron chi connectivity index (χ4n) is 2.69. The van der Waals surface area contributed by atoms with Gasteiger partial charge in [-0.1, -0.05) is 23.1 Å². The first-order valence-electron chi connectivity index (χ1n) is 9.58. The number of aromatic nitrogens is 3. The molecule has 0 bridgehead atoms. The highest BCUT2D eigenvalue weighted by atomic mass is 32.2. The smallest absolute Gasteiger partial charge is 0.350 e. The van der Waals surface area contributed by atoms with E-state index in [4.69, 9.17) is 14.2 Å². The predicted molar refractivity (Wildman–Crippen MR) is 123 cm³/mol. The molecular formula is C21H22N4O5S2. The first kappa shape index (κ1) is 23.5. The van der Waals surface area contributed by atoms with Crippen LogP contribution in [0.2, 0.25) is 0 Å².